The summed E-state index contributed by atoms with van der Waals surface area (Å²) >= 11 is 3.38. The molecule has 2 aromatic heterocycles. The fraction of sp³-hybridized carbons (Fsp3) is 0.562. The normalized spacial score (nSPS) is 14.6. The van der Waals surface area contributed by atoms with Crippen molar-refractivity contribution in [1.82, 2.24) is 30.3 Å². The van der Waals surface area contributed by atoms with Crippen LogP contribution >= 0.6 is 39.9 Å². The third-order valence-electron chi connectivity index (χ3n) is 4.03. The lowest BCUT2D eigenvalue weighted by molar-refractivity contribution is 0.365. The second-order valence-electron chi connectivity index (χ2n) is 5.90. The predicted molar refractivity (Wildman–Crippen MR) is 119 cm³/mol. The molecule has 0 atom stereocenters. The van der Waals surface area contributed by atoms with Gasteiger partial charge in [-0.15, -0.1) is 24.0 Å². The molecule has 0 spiro atoms. The molecule has 0 amide bonds. The van der Waals surface area contributed by atoms with E-state index < -0.39 is 0 Å². The number of nitrogens with zero attached hydrogens (tertiary/aromatic N) is 7. The molecule has 0 bridgehead atoms. The minimum absolute atomic E-state index is 0. The first-order valence-electron chi connectivity index (χ1n) is 8.74. The van der Waals surface area contributed by atoms with Crippen LogP contribution in [0.15, 0.2) is 20.2 Å². The highest BCUT2D eigenvalue weighted by Gasteiger charge is 2.22. The van der Waals surface area contributed by atoms with Crippen LogP contribution in [-0.2, 0) is 6.54 Å². The van der Waals surface area contributed by atoms with E-state index in [4.69, 9.17) is 9.26 Å². The van der Waals surface area contributed by atoms with Crippen LogP contribution in [0, 0.1) is 6.92 Å². The average Bonchev–Trinajstić information content (AvgIpc) is 3.11. The number of nitrogens with one attached hydrogen (secondary N) is 1. The summed E-state index contributed by atoms with van der Waals surface area (Å²) in [5, 5.41) is 7.21. The van der Waals surface area contributed by atoms with Crippen LogP contribution in [-0.4, -0.2) is 70.8 Å². The molecule has 1 fully saturated rings. The highest BCUT2D eigenvalue weighted by atomic mass is 127. The summed E-state index contributed by atoms with van der Waals surface area (Å²) in [5.74, 6) is 3.17. The molecular formula is C16H24BrIN8O2. The summed E-state index contributed by atoms with van der Waals surface area (Å²) in [7, 11) is 1.60. The van der Waals surface area contributed by atoms with Gasteiger partial charge in [0.25, 0.3) is 0 Å². The Hall–Kier alpha value is -1.70. The van der Waals surface area contributed by atoms with Gasteiger partial charge in [0.15, 0.2) is 11.8 Å². The van der Waals surface area contributed by atoms with E-state index in [1.807, 2.05) is 6.92 Å². The Morgan fingerprint density at radius 2 is 2.07 bits per heavy atom. The summed E-state index contributed by atoms with van der Waals surface area (Å²) in [6, 6.07) is 0. The average molecular weight is 567 g/mol. The minimum Gasteiger partial charge on any atom is -0.480 e. The van der Waals surface area contributed by atoms with E-state index in [0.717, 1.165) is 43.2 Å². The standard InChI is InChI=1S/C16H23BrN8O2.HI/c1-4-18-15(20-10-13-21-11(2)27-23-13)24-5-7-25(8-6-24)16-19-9-12(17)14(22-16)26-3;/h9H,4-8,10H2,1-3H3,(H,18,20);1H. The Morgan fingerprint density at radius 3 is 2.68 bits per heavy atom. The third kappa shape index (κ3) is 5.65. The van der Waals surface area contributed by atoms with Gasteiger partial charge >= 0.3 is 0 Å². The van der Waals surface area contributed by atoms with Gasteiger partial charge in [-0.2, -0.15) is 9.97 Å². The molecule has 10 nitrogen and oxygen atoms in total. The molecule has 1 aliphatic heterocycles. The van der Waals surface area contributed by atoms with Crippen LogP contribution in [0.3, 0.4) is 0 Å². The molecule has 2 aromatic rings. The molecule has 154 valence electrons. The first-order valence-corrected chi connectivity index (χ1v) is 9.54. The molecule has 0 unspecified atom stereocenters. The molecule has 0 radical (unpaired) electrons. The zero-order valence-electron chi connectivity index (χ0n) is 16.1. The third-order valence-corrected chi connectivity index (χ3v) is 4.57. The van der Waals surface area contributed by atoms with Gasteiger partial charge in [0.1, 0.15) is 6.54 Å². The highest BCUT2D eigenvalue weighted by molar-refractivity contribution is 14.0. The number of rotatable bonds is 5. The van der Waals surface area contributed by atoms with Crippen LogP contribution in [0.2, 0.25) is 0 Å². The van der Waals surface area contributed by atoms with Crippen molar-refractivity contribution in [1.29, 1.82) is 0 Å². The lowest BCUT2D eigenvalue weighted by Gasteiger charge is -2.36. The number of methoxy groups -OCH3 is 1. The molecule has 0 saturated carbocycles. The fourth-order valence-electron chi connectivity index (χ4n) is 2.73. The Kier molecular flexibility index (Phi) is 8.66. The van der Waals surface area contributed by atoms with Crippen LogP contribution in [0.25, 0.3) is 0 Å². The van der Waals surface area contributed by atoms with Crippen LogP contribution in [0.5, 0.6) is 5.88 Å². The molecule has 1 saturated heterocycles. The number of aromatic nitrogens is 4. The summed E-state index contributed by atoms with van der Waals surface area (Å²) in [6.07, 6.45) is 1.71. The number of ether oxygens (including phenoxy) is 1. The summed E-state index contributed by atoms with van der Waals surface area (Å²) < 4.78 is 11.0. The first-order chi connectivity index (χ1) is 13.1. The quantitative estimate of drug-likeness (QED) is 0.330. The largest absolute Gasteiger partial charge is 0.480 e. The maximum absolute atomic E-state index is 5.26. The van der Waals surface area contributed by atoms with Gasteiger partial charge in [0.05, 0.1) is 17.8 Å². The first kappa shape index (κ1) is 22.6. The van der Waals surface area contributed by atoms with E-state index in [0.29, 0.717) is 30.1 Å². The molecule has 3 heterocycles. The Labute approximate surface area is 189 Å². The Bertz CT molecular complexity index is 795. The number of aryl methyl sites for hydroxylation is 1. The van der Waals surface area contributed by atoms with Crippen molar-refractivity contribution < 1.29 is 9.26 Å². The van der Waals surface area contributed by atoms with Gasteiger partial charge in [-0.3, -0.25) is 0 Å². The molecule has 1 N–H and O–H groups in total. The number of anilines is 1. The maximum Gasteiger partial charge on any atom is 0.232 e. The lowest BCUT2D eigenvalue weighted by atomic mass is 10.3. The summed E-state index contributed by atoms with van der Waals surface area (Å²) in [4.78, 5) is 22.0. The number of aliphatic imine (C=N–C) groups is 1. The van der Waals surface area contributed by atoms with Crippen LogP contribution in [0.4, 0.5) is 5.95 Å². The summed E-state index contributed by atoms with van der Waals surface area (Å²) in [6.45, 7) is 8.17. The van der Waals surface area contributed by atoms with Crippen molar-refractivity contribution in [2.24, 2.45) is 4.99 Å². The molecule has 28 heavy (non-hydrogen) atoms. The molecule has 0 aliphatic carbocycles. The minimum atomic E-state index is 0. The van der Waals surface area contributed by atoms with Gasteiger partial charge in [-0.05, 0) is 22.9 Å². The van der Waals surface area contributed by atoms with E-state index in [1.165, 1.54) is 0 Å². The van der Waals surface area contributed by atoms with Crippen LogP contribution in [0.1, 0.15) is 18.6 Å². The second kappa shape index (κ2) is 10.7. The van der Waals surface area contributed by atoms with Crippen molar-refractivity contribution >= 4 is 51.8 Å². The van der Waals surface area contributed by atoms with E-state index >= 15 is 0 Å². The zero-order valence-corrected chi connectivity index (χ0v) is 20.0. The monoisotopic (exact) mass is 566 g/mol. The molecular weight excluding hydrogens is 543 g/mol. The van der Waals surface area contributed by atoms with Crippen molar-refractivity contribution in [3.05, 3.63) is 22.4 Å². The van der Waals surface area contributed by atoms with Crippen molar-refractivity contribution in [3.8, 4) is 5.88 Å². The van der Waals surface area contributed by atoms with Crippen molar-refractivity contribution in [3.63, 3.8) is 0 Å². The SMILES string of the molecule is CCNC(=NCc1noc(C)n1)N1CCN(c2ncc(Br)c(OC)n2)CC1.I. The van der Waals surface area contributed by atoms with E-state index in [-0.39, 0.29) is 24.0 Å². The van der Waals surface area contributed by atoms with Crippen LogP contribution < -0.4 is 15.0 Å². The van der Waals surface area contributed by atoms with Crippen molar-refractivity contribution in [2.75, 3.05) is 44.7 Å². The molecule has 3 rings (SSSR count). The number of halogens is 2. The van der Waals surface area contributed by atoms with Crippen molar-refractivity contribution in [2.45, 2.75) is 20.4 Å². The number of hydrogen-bond donors (Lipinski definition) is 1. The van der Waals surface area contributed by atoms with E-state index in [1.54, 1.807) is 20.2 Å². The number of hydrogen-bond acceptors (Lipinski definition) is 8. The fourth-order valence-corrected chi connectivity index (χ4v) is 3.09. The smallest absolute Gasteiger partial charge is 0.232 e. The molecule has 0 aromatic carbocycles. The zero-order chi connectivity index (χ0) is 19.2. The van der Waals surface area contributed by atoms with Gasteiger partial charge in [-0.25, -0.2) is 9.98 Å². The van der Waals surface area contributed by atoms with Gasteiger partial charge in [-0.1, -0.05) is 5.16 Å². The lowest BCUT2D eigenvalue weighted by Crippen LogP contribution is -2.53. The molecule has 1 aliphatic rings. The Morgan fingerprint density at radius 1 is 1.32 bits per heavy atom. The number of piperazine rings is 1. The van der Waals surface area contributed by atoms with Gasteiger partial charge < -0.3 is 24.4 Å². The second-order valence-corrected chi connectivity index (χ2v) is 6.76. The van der Waals surface area contributed by atoms with Gasteiger partial charge in [0, 0.05) is 39.6 Å². The molecule has 12 heteroatoms. The highest BCUT2D eigenvalue weighted by Crippen LogP contribution is 2.23. The number of guanidine groups is 1. The predicted octanol–water partition coefficient (Wildman–Crippen LogP) is 1.84. The maximum atomic E-state index is 5.26. The van der Waals surface area contributed by atoms with E-state index in [9.17, 15) is 0 Å². The summed E-state index contributed by atoms with van der Waals surface area (Å²) in [5.41, 5.74) is 0. The van der Waals surface area contributed by atoms with Gasteiger partial charge in [0.2, 0.25) is 17.7 Å². The van der Waals surface area contributed by atoms with E-state index in [2.05, 4.69) is 56.1 Å². The Balaban J connectivity index is 0.00000280. The topological polar surface area (TPSA) is 105 Å².